The van der Waals surface area contributed by atoms with E-state index in [1.807, 2.05) is 6.92 Å². The van der Waals surface area contributed by atoms with Gasteiger partial charge < -0.3 is 16.0 Å². The molecular formula is C29H38N4O4S. The number of aryl methyl sites for hydroxylation is 2. The first-order valence-electron chi connectivity index (χ1n) is 13.3. The highest BCUT2D eigenvalue weighted by molar-refractivity contribution is 7.89. The average Bonchev–Trinajstić information content (AvgIpc) is 2.88. The molecule has 0 fully saturated rings. The molecule has 0 aromatic heterocycles. The lowest BCUT2D eigenvalue weighted by atomic mass is 9.85. The van der Waals surface area contributed by atoms with Gasteiger partial charge >= 0.3 is 0 Å². The number of sulfonamides is 1. The molecule has 0 spiro atoms. The first-order chi connectivity index (χ1) is 18.1. The molecule has 0 radical (unpaired) electrons. The van der Waals surface area contributed by atoms with Crippen LogP contribution in [0.3, 0.4) is 0 Å². The summed E-state index contributed by atoms with van der Waals surface area (Å²) in [6.45, 7) is 9.34. The first-order valence-corrected chi connectivity index (χ1v) is 14.7. The fraction of sp³-hybridized carbons (Fsp3) is 0.448. The van der Waals surface area contributed by atoms with Crippen LogP contribution in [0.15, 0.2) is 59.8 Å². The van der Waals surface area contributed by atoms with E-state index >= 15 is 0 Å². The minimum absolute atomic E-state index is 0.0713. The molecule has 0 saturated heterocycles. The Balaban J connectivity index is 1.47. The summed E-state index contributed by atoms with van der Waals surface area (Å²) in [5.41, 5.74) is 4.45. The standard InChI is InChI=1S/C29H38N4O4S/c1-19(2)18-31-21(4)22-10-13-25-23(16-22)6-5-7-26(25)32-28(34)17-27-29(35)30-14-15-33(27)38(36,37)24-11-8-20(3)9-12-24/h8-16,19,21,26-27,31H,5-7,17-18H2,1-4H3,(H,30,35)(H,32,34)/t21-,26+,27+/m0/s1. The predicted molar refractivity (Wildman–Crippen MR) is 147 cm³/mol. The van der Waals surface area contributed by atoms with E-state index in [1.165, 1.54) is 35.7 Å². The summed E-state index contributed by atoms with van der Waals surface area (Å²) >= 11 is 0. The van der Waals surface area contributed by atoms with Gasteiger partial charge in [0.2, 0.25) is 11.8 Å². The van der Waals surface area contributed by atoms with E-state index in [4.69, 9.17) is 0 Å². The van der Waals surface area contributed by atoms with Gasteiger partial charge in [0.05, 0.1) is 17.4 Å². The number of hydrogen-bond donors (Lipinski definition) is 3. The molecule has 2 aromatic carbocycles. The number of carbonyl (C=O) groups is 2. The van der Waals surface area contributed by atoms with E-state index in [9.17, 15) is 18.0 Å². The van der Waals surface area contributed by atoms with Gasteiger partial charge in [-0.15, -0.1) is 0 Å². The topological polar surface area (TPSA) is 108 Å². The zero-order valence-corrected chi connectivity index (χ0v) is 23.3. The van der Waals surface area contributed by atoms with Gasteiger partial charge in [-0.3, -0.25) is 13.9 Å². The molecule has 1 aliphatic carbocycles. The van der Waals surface area contributed by atoms with Crippen LogP contribution in [0.4, 0.5) is 0 Å². The van der Waals surface area contributed by atoms with E-state index in [0.29, 0.717) is 5.92 Å². The normalized spacial score (nSPS) is 20.1. The van der Waals surface area contributed by atoms with Crippen LogP contribution in [0.1, 0.15) is 74.4 Å². The van der Waals surface area contributed by atoms with Crippen molar-refractivity contribution in [3.05, 3.63) is 77.1 Å². The Bertz CT molecular complexity index is 1300. The number of amides is 2. The lowest BCUT2D eigenvalue weighted by molar-refractivity contribution is -0.129. The highest BCUT2D eigenvalue weighted by Gasteiger charge is 2.37. The molecule has 3 atom stereocenters. The Kier molecular flexibility index (Phi) is 8.57. The molecule has 204 valence electrons. The lowest BCUT2D eigenvalue weighted by Gasteiger charge is -2.32. The molecular weight excluding hydrogens is 500 g/mol. The van der Waals surface area contributed by atoms with E-state index in [0.717, 1.165) is 41.2 Å². The van der Waals surface area contributed by atoms with Crippen molar-refractivity contribution in [3.8, 4) is 0 Å². The summed E-state index contributed by atoms with van der Waals surface area (Å²) in [6, 6.07) is 11.7. The molecule has 38 heavy (non-hydrogen) atoms. The summed E-state index contributed by atoms with van der Waals surface area (Å²) in [5, 5.41) is 9.17. The SMILES string of the molecule is Cc1ccc(S(=O)(=O)N2C=CNC(=O)[C@H]2CC(=O)N[C@@H]2CCCc3cc([C@H](C)NCC(C)C)ccc32)cc1. The number of benzene rings is 2. The fourth-order valence-corrected chi connectivity index (χ4v) is 6.43. The van der Waals surface area contributed by atoms with Gasteiger partial charge in [-0.2, -0.15) is 0 Å². The largest absolute Gasteiger partial charge is 0.349 e. The van der Waals surface area contributed by atoms with Crippen molar-refractivity contribution in [1.82, 2.24) is 20.3 Å². The number of nitrogens with zero attached hydrogens (tertiary/aromatic N) is 1. The predicted octanol–water partition coefficient (Wildman–Crippen LogP) is 3.85. The van der Waals surface area contributed by atoms with Crippen molar-refractivity contribution in [2.24, 2.45) is 5.92 Å². The van der Waals surface area contributed by atoms with Gasteiger partial charge in [0.1, 0.15) is 6.04 Å². The smallest absolute Gasteiger partial charge is 0.264 e. The Hall–Kier alpha value is -3.17. The summed E-state index contributed by atoms with van der Waals surface area (Å²) in [7, 11) is -4.01. The molecule has 4 rings (SSSR count). The van der Waals surface area contributed by atoms with Crippen LogP contribution in [-0.4, -0.2) is 37.1 Å². The maximum atomic E-state index is 13.3. The molecule has 9 heteroatoms. The van der Waals surface area contributed by atoms with Gasteiger partial charge in [-0.1, -0.05) is 49.7 Å². The third-order valence-electron chi connectivity index (χ3n) is 7.18. The molecule has 1 aliphatic heterocycles. The van der Waals surface area contributed by atoms with Gasteiger partial charge in [0, 0.05) is 18.4 Å². The highest BCUT2D eigenvalue weighted by atomic mass is 32.2. The molecule has 2 aromatic rings. The Morgan fingerprint density at radius 2 is 1.87 bits per heavy atom. The molecule has 3 N–H and O–H groups in total. The lowest BCUT2D eigenvalue weighted by Crippen LogP contribution is -2.51. The van der Waals surface area contributed by atoms with Crippen LogP contribution in [0.5, 0.6) is 0 Å². The highest BCUT2D eigenvalue weighted by Crippen LogP contribution is 2.32. The second-order valence-electron chi connectivity index (χ2n) is 10.7. The van der Waals surface area contributed by atoms with Crippen molar-refractivity contribution in [3.63, 3.8) is 0 Å². The third kappa shape index (κ3) is 6.27. The summed E-state index contributed by atoms with van der Waals surface area (Å²) in [5.74, 6) is -0.326. The zero-order valence-electron chi connectivity index (χ0n) is 22.5. The quantitative estimate of drug-likeness (QED) is 0.450. The van der Waals surface area contributed by atoms with Gasteiger partial charge in [0.25, 0.3) is 10.0 Å². The van der Waals surface area contributed by atoms with Crippen molar-refractivity contribution in [1.29, 1.82) is 0 Å². The average molecular weight is 539 g/mol. The molecule has 8 nitrogen and oxygen atoms in total. The summed E-state index contributed by atoms with van der Waals surface area (Å²) in [6.07, 6.45) is 5.00. The minimum Gasteiger partial charge on any atom is -0.349 e. The maximum absolute atomic E-state index is 13.3. The minimum atomic E-state index is -4.01. The molecule has 2 aliphatic rings. The summed E-state index contributed by atoms with van der Waals surface area (Å²) in [4.78, 5) is 25.9. The number of fused-ring (bicyclic) bond motifs is 1. The van der Waals surface area contributed by atoms with Crippen molar-refractivity contribution >= 4 is 21.8 Å². The van der Waals surface area contributed by atoms with Gasteiger partial charge in [0.15, 0.2) is 0 Å². The van der Waals surface area contributed by atoms with Crippen LogP contribution in [-0.2, 0) is 26.0 Å². The van der Waals surface area contributed by atoms with Crippen molar-refractivity contribution < 1.29 is 18.0 Å². The Morgan fingerprint density at radius 1 is 1.13 bits per heavy atom. The van der Waals surface area contributed by atoms with Crippen molar-refractivity contribution in [2.45, 2.75) is 76.4 Å². The Morgan fingerprint density at radius 3 is 2.58 bits per heavy atom. The van der Waals surface area contributed by atoms with E-state index in [2.05, 4.69) is 54.9 Å². The van der Waals surface area contributed by atoms with Crippen LogP contribution < -0.4 is 16.0 Å². The summed E-state index contributed by atoms with van der Waals surface area (Å²) < 4.78 is 27.6. The Labute approximate surface area is 225 Å². The van der Waals surface area contributed by atoms with E-state index < -0.39 is 22.0 Å². The van der Waals surface area contributed by atoms with E-state index in [1.54, 1.807) is 12.1 Å². The van der Waals surface area contributed by atoms with Gasteiger partial charge in [-0.25, -0.2) is 8.42 Å². The van der Waals surface area contributed by atoms with Crippen LogP contribution in [0.2, 0.25) is 0 Å². The molecule has 2 amide bonds. The molecule has 0 bridgehead atoms. The van der Waals surface area contributed by atoms with Crippen LogP contribution >= 0.6 is 0 Å². The number of hydrogen-bond acceptors (Lipinski definition) is 5. The molecule has 1 heterocycles. The van der Waals surface area contributed by atoms with E-state index in [-0.39, 0.29) is 29.3 Å². The molecule has 0 unspecified atom stereocenters. The maximum Gasteiger partial charge on any atom is 0.264 e. The monoisotopic (exact) mass is 538 g/mol. The van der Waals surface area contributed by atoms with Crippen LogP contribution in [0, 0.1) is 12.8 Å². The first kappa shape index (κ1) is 27.9. The van der Waals surface area contributed by atoms with Crippen LogP contribution in [0.25, 0.3) is 0 Å². The number of carbonyl (C=O) groups excluding carboxylic acids is 2. The second kappa shape index (κ2) is 11.7. The fourth-order valence-electron chi connectivity index (χ4n) is 4.98. The van der Waals surface area contributed by atoms with Crippen molar-refractivity contribution in [2.75, 3.05) is 6.54 Å². The zero-order chi connectivity index (χ0) is 27.4. The second-order valence-corrected chi connectivity index (χ2v) is 12.5. The number of rotatable bonds is 9. The number of nitrogens with one attached hydrogen (secondary N) is 3. The third-order valence-corrected chi connectivity index (χ3v) is 8.98. The van der Waals surface area contributed by atoms with Gasteiger partial charge in [-0.05, 0) is 74.4 Å². The molecule has 0 saturated carbocycles.